The number of aromatic nitrogens is 2. The average molecular weight is 493 g/mol. The van der Waals surface area contributed by atoms with E-state index < -0.39 is 0 Å². The molecule has 2 fully saturated rings. The van der Waals surface area contributed by atoms with Gasteiger partial charge >= 0.3 is 0 Å². The van der Waals surface area contributed by atoms with E-state index in [9.17, 15) is 0 Å². The van der Waals surface area contributed by atoms with Crippen molar-refractivity contribution < 1.29 is 14.2 Å². The first-order valence-corrected chi connectivity index (χ1v) is 13.9. The number of nitrogens with zero attached hydrogens (tertiary/aromatic N) is 4. The molecule has 184 valence electrons. The van der Waals surface area contributed by atoms with Gasteiger partial charge in [0, 0.05) is 24.5 Å². The monoisotopic (exact) mass is 492 g/mol. The zero-order valence-electron chi connectivity index (χ0n) is 20.1. The summed E-state index contributed by atoms with van der Waals surface area (Å²) in [6.07, 6.45) is 7.16. The van der Waals surface area contributed by atoms with E-state index >= 15 is 0 Å². The Labute approximate surface area is 210 Å². The number of hydrogen-bond acceptors (Lipinski definition) is 8. The van der Waals surface area contributed by atoms with E-state index in [1.165, 1.54) is 45.5 Å². The molecule has 5 heterocycles. The molecule has 8 heteroatoms. The third-order valence-corrected chi connectivity index (χ3v) is 8.97. The van der Waals surface area contributed by atoms with Crippen molar-refractivity contribution in [2.75, 3.05) is 51.0 Å². The smallest absolute Gasteiger partial charge is 0.161 e. The molecule has 7 nitrogen and oxygen atoms in total. The Morgan fingerprint density at radius 3 is 2.69 bits per heavy atom. The Balaban J connectivity index is 1.30. The van der Waals surface area contributed by atoms with E-state index in [1.807, 2.05) is 11.3 Å². The van der Waals surface area contributed by atoms with Gasteiger partial charge in [0.25, 0.3) is 0 Å². The summed E-state index contributed by atoms with van der Waals surface area (Å²) in [5, 5.41) is 1.32. The zero-order chi connectivity index (χ0) is 23.2. The molecule has 35 heavy (non-hydrogen) atoms. The molecular weight excluding hydrogens is 460 g/mol. The SMILES string of the molecule is c1cc2c(cc1C1CCCN1c1nc(CN3CCOCC3)nc3sc4c(c13)CCCC4)OCCO2. The molecule has 0 saturated carbocycles. The standard InChI is InChI=1S/C27H32N4O3S/c1-2-6-23-19(4-1)25-26(28-24(29-27(25)35-23)17-30-10-12-32-13-11-30)31-9-3-5-20(31)18-7-8-21-22(16-18)34-15-14-33-21/h7-8,16,20H,1-6,9-15,17H2. The van der Waals surface area contributed by atoms with E-state index in [0.29, 0.717) is 19.3 Å². The number of aryl methyl sites for hydroxylation is 2. The summed E-state index contributed by atoms with van der Waals surface area (Å²) in [4.78, 5) is 18.1. The molecule has 1 atom stereocenters. The van der Waals surface area contributed by atoms with E-state index in [2.05, 4.69) is 28.0 Å². The predicted molar refractivity (Wildman–Crippen MR) is 137 cm³/mol. The van der Waals surface area contributed by atoms with Crippen LogP contribution in [0.15, 0.2) is 18.2 Å². The Kier molecular flexibility index (Phi) is 5.75. The van der Waals surface area contributed by atoms with Gasteiger partial charge < -0.3 is 19.1 Å². The maximum atomic E-state index is 5.92. The number of rotatable bonds is 4. The molecule has 1 aromatic carbocycles. The molecule has 7 rings (SSSR count). The molecule has 4 aliphatic rings. The quantitative estimate of drug-likeness (QED) is 0.531. The normalized spacial score (nSPS) is 22.5. The topological polar surface area (TPSA) is 60.0 Å². The van der Waals surface area contributed by atoms with E-state index in [0.717, 1.165) is 81.8 Å². The molecule has 2 saturated heterocycles. The van der Waals surface area contributed by atoms with Gasteiger partial charge in [-0.2, -0.15) is 0 Å². The summed E-state index contributed by atoms with van der Waals surface area (Å²) in [6, 6.07) is 6.77. The Bertz CT molecular complexity index is 1240. The van der Waals surface area contributed by atoms with Crippen LogP contribution in [0.3, 0.4) is 0 Å². The van der Waals surface area contributed by atoms with Crippen molar-refractivity contribution in [2.24, 2.45) is 0 Å². The third-order valence-electron chi connectivity index (χ3n) is 7.79. The number of fused-ring (bicyclic) bond motifs is 4. The molecule has 3 aliphatic heterocycles. The summed E-state index contributed by atoms with van der Waals surface area (Å²) in [5.41, 5.74) is 2.80. The molecule has 0 amide bonds. The number of thiophene rings is 1. The molecule has 0 radical (unpaired) electrons. The lowest BCUT2D eigenvalue weighted by molar-refractivity contribution is 0.0331. The van der Waals surface area contributed by atoms with Crippen molar-refractivity contribution in [2.45, 2.75) is 51.1 Å². The summed E-state index contributed by atoms with van der Waals surface area (Å²) in [5.74, 6) is 3.82. The fourth-order valence-electron chi connectivity index (χ4n) is 6.05. The highest BCUT2D eigenvalue weighted by Crippen LogP contribution is 2.45. The van der Waals surface area contributed by atoms with Crippen molar-refractivity contribution in [3.8, 4) is 11.5 Å². The van der Waals surface area contributed by atoms with Gasteiger partial charge in [-0.25, -0.2) is 9.97 Å². The lowest BCUT2D eigenvalue weighted by Gasteiger charge is -2.30. The molecule has 1 unspecified atom stereocenters. The first-order chi connectivity index (χ1) is 17.3. The van der Waals surface area contributed by atoms with Gasteiger partial charge in [0.05, 0.1) is 31.2 Å². The molecule has 2 aromatic heterocycles. The van der Waals surface area contributed by atoms with Crippen LogP contribution < -0.4 is 14.4 Å². The Hall–Kier alpha value is -2.42. The van der Waals surface area contributed by atoms with Crippen LogP contribution in [0.4, 0.5) is 5.82 Å². The average Bonchev–Trinajstić information content (AvgIpc) is 3.54. The minimum atomic E-state index is 0.291. The van der Waals surface area contributed by atoms with Crippen molar-refractivity contribution >= 4 is 27.4 Å². The number of anilines is 1. The van der Waals surface area contributed by atoms with Crippen LogP contribution in [0.2, 0.25) is 0 Å². The van der Waals surface area contributed by atoms with Crippen LogP contribution in [-0.2, 0) is 24.1 Å². The van der Waals surface area contributed by atoms with Crippen molar-refractivity contribution in [3.05, 3.63) is 40.0 Å². The highest BCUT2D eigenvalue weighted by molar-refractivity contribution is 7.19. The van der Waals surface area contributed by atoms with E-state index in [4.69, 9.17) is 24.2 Å². The van der Waals surface area contributed by atoms with Crippen LogP contribution in [0.1, 0.15) is 53.6 Å². The zero-order valence-corrected chi connectivity index (χ0v) is 20.9. The minimum Gasteiger partial charge on any atom is -0.486 e. The molecule has 0 spiro atoms. The van der Waals surface area contributed by atoms with E-state index in [1.54, 1.807) is 0 Å². The maximum Gasteiger partial charge on any atom is 0.161 e. The second-order valence-electron chi connectivity index (χ2n) is 10.00. The highest BCUT2D eigenvalue weighted by Gasteiger charge is 2.32. The van der Waals surface area contributed by atoms with Crippen LogP contribution in [0.25, 0.3) is 10.2 Å². The van der Waals surface area contributed by atoms with Gasteiger partial charge in [-0.05, 0) is 61.8 Å². The second kappa shape index (κ2) is 9.22. The van der Waals surface area contributed by atoms with Gasteiger partial charge in [-0.1, -0.05) is 6.07 Å². The fourth-order valence-corrected chi connectivity index (χ4v) is 7.33. The van der Waals surface area contributed by atoms with Gasteiger partial charge in [0.1, 0.15) is 29.7 Å². The number of ether oxygens (including phenoxy) is 3. The summed E-state index contributed by atoms with van der Waals surface area (Å²) in [7, 11) is 0. The van der Waals surface area contributed by atoms with Gasteiger partial charge in [-0.15, -0.1) is 11.3 Å². The number of hydrogen-bond donors (Lipinski definition) is 0. The first kappa shape index (κ1) is 21.8. The van der Waals surface area contributed by atoms with Crippen LogP contribution in [0, 0.1) is 0 Å². The number of benzene rings is 1. The maximum absolute atomic E-state index is 5.92. The van der Waals surface area contributed by atoms with Gasteiger partial charge in [0.15, 0.2) is 11.5 Å². The number of morpholine rings is 1. The largest absolute Gasteiger partial charge is 0.486 e. The fraction of sp³-hybridized carbons (Fsp3) is 0.556. The second-order valence-corrected chi connectivity index (χ2v) is 11.1. The van der Waals surface area contributed by atoms with Gasteiger partial charge in [0.2, 0.25) is 0 Å². The van der Waals surface area contributed by atoms with E-state index in [-0.39, 0.29) is 0 Å². The lowest BCUT2D eigenvalue weighted by atomic mass is 9.96. The summed E-state index contributed by atoms with van der Waals surface area (Å²) < 4.78 is 17.3. The summed E-state index contributed by atoms with van der Waals surface area (Å²) >= 11 is 1.91. The third kappa shape index (κ3) is 4.05. The van der Waals surface area contributed by atoms with Crippen LogP contribution in [-0.4, -0.2) is 60.9 Å². The predicted octanol–water partition coefficient (Wildman–Crippen LogP) is 4.52. The van der Waals surface area contributed by atoms with Crippen LogP contribution in [0.5, 0.6) is 11.5 Å². The lowest BCUT2D eigenvalue weighted by Crippen LogP contribution is -2.36. The Morgan fingerprint density at radius 1 is 0.914 bits per heavy atom. The molecular formula is C27H32N4O3S. The highest BCUT2D eigenvalue weighted by atomic mass is 32.1. The van der Waals surface area contributed by atoms with Gasteiger partial charge in [-0.3, -0.25) is 4.90 Å². The first-order valence-electron chi connectivity index (χ1n) is 13.1. The van der Waals surface area contributed by atoms with Crippen molar-refractivity contribution in [1.29, 1.82) is 0 Å². The molecule has 0 N–H and O–H groups in total. The molecule has 3 aromatic rings. The van der Waals surface area contributed by atoms with Crippen molar-refractivity contribution in [1.82, 2.24) is 14.9 Å². The molecule has 0 bridgehead atoms. The molecule has 1 aliphatic carbocycles. The summed E-state index contributed by atoms with van der Waals surface area (Å²) in [6.45, 7) is 6.52. The van der Waals surface area contributed by atoms with Crippen molar-refractivity contribution in [3.63, 3.8) is 0 Å². The Morgan fingerprint density at radius 2 is 1.77 bits per heavy atom. The minimum absolute atomic E-state index is 0.291. The van der Waals surface area contributed by atoms with Crippen LogP contribution >= 0.6 is 11.3 Å².